The molecule has 1 aromatic heterocycles. The van der Waals surface area contributed by atoms with Crippen molar-refractivity contribution in [1.82, 2.24) is 9.36 Å². The Morgan fingerprint density at radius 2 is 2.67 bits per heavy atom. The van der Waals surface area contributed by atoms with Crippen molar-refractivity contribution in [2.24, 2.45) is 0 Å². The van der Waals surface area contributed by atoms with Gasteiger partial charge >= 0.3 is 0 Å². The predicted molar refractivity (Wildman–Crippen MR) is 34.4 cm³/mol. The summed E-state index contributed by atoms with van der Waals surface area (Å²) in [5.74, 6) is 0.454. The first kappa shape index (κ1) is 6.15. The van der Waals surface area contributed by atoms with Gasteiger partial charge in [-0.15, -0.1) is 0 Å². The minimum Gasteiger partial charge on any atom is -0.286 e. The van der Waals surface area contributed by atoms with Crippen LogP contribution in [0.15, 0.2) is 5.51 Å². The summed E-state index contributed by atoms with van der Waals surface area (Å²) in [4.78, 5) is 15.2. The van der Waals surface area contributed by atoms with Crippen molar-refractivity contribution < 1.29 is 4.79 Å². The van der Waals surface area contributed by atoms with E-state index in [1.807, 2.05) is 0 Å². The summed E-state index contributed by atoms with van der Waals surface area (Å²) in [5, 5.41) is 0. The first-order chi connectivity index (χ1) is 4.34. The van der Waals surface area contributed by atoms with Crippen molar-refractivity contribution in [3.8, 4) is 0 Å². The average molecular weight is 143 g/mol. The highest BCUT2D eigenvalue weighted by molar-refractivity contribution is 7.03. The Morgan fingerprint density at radius 1 is 1.89 bits per heavy atom. The number of amides is 1. The summed E-state index contributed by atoms with van der Waals surface area (Å²) in [6.45, 7) is 0. The third-order valence-electron chi connectivity index (χ3n) is 0.823. The second kappa shape index (κ2) is 2.54. The molecule has 0 unspecified atom stereocenters. The lowest BCUT2D eigenvalue weighted by Crippen LogP contribution is -2.14. The van der Waals surface area contributed by atoms with Crippen LogP contribution in [0.25, 0.3) is 0 Å². The number of hydrogen-bond acceptors (Lipinski definition) is 4. The molecule has 1 amide bonds. The maximum Gasteiger partial charge on any atom is 0.243 e. The highest BCUT2D eigenvalue weighted by Gasteiger charge is 1.99. The lowest BCUT2D eigenvalue weighted by Gasteiger charge is -2.00. The molecule has 1 heterocycles. The molecule has 1 rings (SSSR count). The minimum absolute atomic E-state index is 0.454. The van der Waals surface area contributed by atoms with Crippen molar-refractivity contribution in [3.63, 3.8) is 0 Å². The van der Waals surface area contributed by atoms with Gasteiger partial charge in [-0.25, -0.2) is 4.98 Å². The third-order valence-corrected chi connectivity index (χ3v) is 1.29. The molecule has 0 fully saturated rings. The molecular weight excluding hydrogens is 138 g/mol. The van der Waals surface area contributed by atoms with E-state index in [4.69, 9.17) is 0 Å². The number of hydrogen-bond donors (Lipinski definition) is 0. The van der Waals surface area contributed by atoms with Crippen LogP contribution in [0.2, 0.25) is 0 Å². The molecule has 0 spiro atoms. The predicted octanol–water partition coefficient (Wildman–Crippen LogP) is 0.131. The molecule has 0 aliphatic heterocycles. The summed E-state index contributed by atoms with van der Waals surface area (Å²) >= 11 is 1.22. The van der Waals surface area contributed by atoms with Crippen LogP contribution in [0.4, 0.5) is 5.95 Å². The Bertz CT molecular complexity index is 186. The fourth-order valence-corrected chi connectivity index (χ4v) is 0.826. The molecule has 5 heteroatoms. The fraction of sp³-hybridized carbons (Fsp3) is 0.250. The third kappa shape index (κ3) is 1.23. The summed E-state index contributed by atoms with van der Waals surface area (Å²) in [7, 11) is 1.61. The van der Waals surface area contributed by atoms with Gasteiger partial charge in [-0.05, 0) is 11.5 Å². The molecule has 0 saturated heterocycles. The number of carbonyl (C=O) groups excluding carboxylic acids is 1. The van der Waals surface area contributed by atoms with E-state index in [9.17, 15) is 4.79 Å². The van der Waals surface area contributed by atoms with Gasteiger partial charge in [0, 0.05) is 7.05 Å². The molecule has 0 radical (unpaired) electrons. The Kier molecular flexibility index (Phi) is 1.74. The van der Waals surface area contributed by atoms with E-state index >= 15 is 0 Å². The van der Waals surface area contributed by atoms with Crippen LogP contribution in [0, 0.1) is 0 Å². The van der Waals surface area contributed by atoms with Crippen LogP contribution in [0.5, 0.6) is 0 Å². The van der Waals surface area contributed by atoms with Crippen molar-refractivity contribution in [2.75, 3.05) is 11.9 Å². The minimum atomic E-state index is 0.454. The van der Waals surface area contributed by atoms with Gasteiger partial charge in [0.05, 0.1) is 0 Å². The average Bonchev–Trinajstić information content (AvgIpc) is 2.37. The van der Waals surface area contributed by atoms with Crippen LogP contribution in [-0.2, 0) is 4.79 Å². The molecule has 0 N–H and O–H groups in total. The zero-order valence-electron chi connectivity index (χ0n) is 4.81. The van der Waals surface area contributed by atoms with Gasteiger partial charge in [0.2, 0.25) is 12.4 Å². The molecule has 0 aromatic carbocycles. The van der Waals surface area contributed by atoms with Gasteiger partial charge in [-0.3, -0.25) is 9.69 Å². The smallest absolute Gasteiger partial charge is 0.243 e. The number of rotatable bonds is 2. The van der Waals surface area contributed by atoms with Gasteiger partial charge in [0.15, 0.2) is 0 Å². The Balaban J connectivity index is 2.76. The Labute approximate surface area is 56.3 Å². The lowest BCUT2D eigenvalue weighted by molar-refractivity contribution is -0.107. The SMILES string of the molecule is CN(C=O)c1ncsn1. The van der Waals surface area contributed by atoms with Crippen molar-refractivity contribution >= 4 is 23.9 Å². The number of aromatic nitrogens is 2. The van der Waals surface area contributed by atoms with Gasteiger partial charge in [-0.1, -0.05) is 0 Å². The number of anilines is 1. The van der Waals surface area contributed by atoms with Gasteiger partial charge in [0.25, 0.3) is 0 Å². The number of nitrogens with zero attached hydrogens (tertiary/aromatic N) is 3. The van der Waals surface area contributed by atoms with E-state index in [2.05, 4.69) is 9.36 Å². The van der Waals surface area contributed by atoms with Crippen LogP contribution in [-0.4, -0.2) is 22.8 Å². The quantitative estimate of drug-likeness (QED) is 0.553. The molecule has 48 valence electrons. The normalized spacial score (nSPS) is 9.00. The summed E-state index contributed by atoms with van der Waals surface area (Å²) < 4.78 is 3.81. The largest absolute Gasteiger partial charge is 0.286 e. The topological polar surface area (TPSA) is 46.1 Å². The van der Waals surface area contributed by atoms with E-state index < -0.39 is 0 Å². The van der Waals surface area contributed by atoms with Crippen molar-refractivity contribution in [3.05, 3.63) is 5.51 Å². The van der Waals surface area contributed by atoms with Crippen molar-refractivity contribution in [2.45, 2.75) is 0 Å². The molecule has 0 atom stereocenters. The van der Waals surface area contributed by atoms with E-state index in [1.54, 1.807) is 12.6 Å². The first-order valence-corrected chi connectivity index (χ1v) is 3.12. The van der Waals surface area contributed by atoms with Crippen LogP contribution >= 0.6 is 11.5 Å². The zero-order valence-corrected chi connectivity index (χ0v) is 5.63. The standard InChI is InChI=1S/C4H5N3OS/c1-7(3-8)4-5-2-9-6-4/h2-3H,1H3. The van der Waals surface area contributed by atoms with E-state index in [1.165, 1.54) is 16.4 Å². The fourth-order valence-electron chi connectivity index (χ4n) is 0.368. The van der Waals surface area contributed by atoms with Crippen LogP contribution in [0.1, 0.15) is 0 Å². The van der Waals surface area contributed by atoms with Gasteiger partial charge in [-0.2, -0.15) is 4.37 Å². The van der Waals surface area contributed by atoms with Gasteiger partial charge in [0.1, 0.15) is 5.51 Å². The molecular formula is C4H5N3OS. The molecule has 0 saturated carbocycles. The molecule has 0 aliphatic rings. The molecule has 9 heavy (non-hydrogen) atoms. The monoisotopic (exact) mass is 143 g/mol. The first-order valence-electron chi connectivity index (χ1n) is 2.29. The molecule has 0 bridgehead atoms. The summed E-state index contributed by atoms with van der Waals surface area (Å²) in [6.07, 6.45) is 0.669. The molecule has 1 aromatic rings. The maximum atomic E-state index is 10.1. The Hall–Kier alpha value is -0.970. The second-order valence-electron chi connectivity index (χ2n) is 1.45. The van der Waals surface area contributed by atoms with Crippen LogP contribution < -0.4 is 4.90 Å². The Morgan fingerprint density at radius 3 is 3.11 bits per heavy atom. The number of carbonyl (C=O) groups is 1. The summed E-state index contributed by atoms with van der Waals surface area (Å²) in [6, 6.07) is 0. The van der Waals surface area contributed by atoms with Gasteiger partial charge < -0.3 is 0 Å². The highest BCUT2D eigenvalue weighted by Crippen LogP contribution is 2.02. The summed E-state index contributed by atoms with van der Waals surface area (Å²) in [5.41, 5.74) is 1.58. The van der Waals surface area contributed by atoms with E-state index in [-0.39, 0.29) is 0 Å². The van der Waals surface area contributed by atoms with E-state index in [0.717, 1.165) is 0 Å². The van der Waals surface area contributed by atoms with E-state index in [0.29, 0.717) is 12.4 Å². The van der Waals surface area contributed by atoms with Crippen molar-refractivity contribution in [1.29, 1.82) is 0 Å². The molecule has 0 aliphatic carbocycles. The second-order valence-corrected chi connectivity index (χ2v) is 2.05. The van der Waals surface area contributed by atoms with Crippen LogP contribution in [0.3, 0.4) is 0 Å². The zero-order chi connectivity index (χ0) is 6.69. The maximum absolute atomic E-state index is 10.1. The lowest BCUT2D eigenvalue weighted by atomic mass is 10.8. The highest BCUT2D eigenvalue weighted by atomic mass is 32.1. The molecule has 4 nitrogen and oxygen atoms in total.